The fourth-order valence-electron chi connectivity index (χ4n) is 6.44. The highest BCUT2D eigenvalue weighted by atomic mass is 19.1. The van der Waals surface area contributed by atoms with Crippen molar-refractivity contribution in [3.8, 4) is 0 Å². The Bertz CT molecular complexity index is 1030. The number of amides is 1. The van der Waals surface area contributed by atoms with Gasteiger partial charge in [-0.2, -0.15) is 0 Å². The number of carbonyl (C=O) groups excluding carboxylic acids is 1. The van der Waals surface area contributed by atoms with Crippen molar-refractivity contribution in [3.05, 3.63) is 71.3 Å². The molecule has 5 rings (SSSR count). The molecule has 2 aromatic rings. The summed E-state index contributed by atoms with van der Waals surface area (Å²) >= 11 is 0. The third-order valence-corrected chi connectivity index (χ3v) is 8.66. The fourth-order valence-corrected chi connectivity index (χ4v) is 6.44. The van der Waals surface area contributed by atoms with Crippen LogP contribution in [-0.2, 0) is 10.4 Å². The van der Waals surface area contributed by atoms with E-state index in [1.54, 1.807) is 0 Å². The van der Waals surface area contributed by atoms with Crippen molar-refractivity contribution in [2.24, 2.45) is 17.8 Å². The fraction of sp³-hybridized carbons (Fsp3) is 0.536. The van der Waals surface area contributed by atoms with Gasteiger partial charge in [0, 0.05) is 56.0 Å². The van der Waals surface area contributed by atoms with Crippen molar-refractivity contribution in [2.75, 3.05) is 26.2 Å². The number of hydrogen-bond acceptors (Lipinski definition) is 3. The van der Waals surface area contributed by atoms with Gasteiger partial charge in [-0.15, -0.1) is 0 Å². The Labute approximate surface area is 200 Å². The van der Waals surface area contributed by atoms with Crippen LogP contribution in [0.3, 0.4) is 0 Å². The molecule has 1 unspecified atom stereocenters. The minimum absolute atomic E-state index is 0.0179. The van der Waals surface area contributed by atoms with Crippen LogP contribution < -0.4 is 0 Å². The van der Waals surface area contributed by atoms with Gasteiger partial charge in [-0.3, -0.25) is 9.69 Å². The minimum atomic E-state index is -1.01. The highest BCUT2D eigenvalue weighted by molar-refractivity contribution is 5.81. The van der Waals surface area contributed by atoms with Gasteiger partial charge in [0.2, 0.25) is 5.91 Å². The molecule has 2 saturated heterocycles. The first-order chi connectivity index (χ1) is 16.3. The molecule has 5 atom stereocenters. The Kier molecular flexibility index (Phi) is 6.23. The van der Waals surface area contributed by atoms with Crippen LogP contribution in [0.5, 0.6) is 0 Å². The molecule has 1 aliphatic carbocycles. The van der Waals surface area contributed by atoms with Gasteiger partial charge >= 0.3 is 0 Å². The normalized spacial score (nSPS) is 32.6. The standard InChI is InChI=1S/C28H34F2N2O2/c1-18-14-32(15-19(2)28(18,34)20-7-4-3-5-8-20)27(33)25-17-31(22-9-6-10-22)16-24(25)23-12-11-21(29)13-26(23)30/h3-5,7-8,11-13,18-19,22,24-25,34H,6,9-10,14-17H2,1-2H3/t18-,19+,24-,25+,28?/m1/s1. The average molecular weight is 469 g/mol. The number of benzene rings is 2. The van der Waals surface area contributed by atoms with E-state index in [-0.39, 0.29) is 29.6 Å². The number of carbonyl (C=O) groups is 1. The molecule has 182 valence electrons. The lowest BCUT2D eigenvalue weighted by Crippen LogP contribution is -2.57. The van der Waals surface area contributed by atoms with Gasteiger partial charge in [-0.25, -0.2) is 8.78 Å². The molecule has 1 saturated carbocycles. The Morgan fingerprint density at radius 2 is 1.65 bits per heavy atom. The number of piperidine rings is 1. The molecule has 0 aromatic heterocycles. The molecule has 0 radical (unpaired) electrons. The van der Waals surface area contributed by atoms with E-state index in [2.05, 4.69) is 4.90 Å². The number of halogens is 2. The highest BCUT2D eigenvalue weighted by Crippen LogP contribution is 2.44. The summed E-state index contributed by atoms with van der Waals surface area (Å²) in [7, 11) is 0. The molecule has 3 aliphatic rings. The molecule has 2 heterocycles. The zero-order valence-electron chi connectivity index (χ0n) is 20.0. The van der Waals surface area contributed by atoms with Crippen molar-refractivity contribution < 1.29 is 18.7 Å². The van der Waals surface area contributed by atoms with Gasteiger partial charge < -0.3 is 10.0 Å². The third-order valence-electron chi connectivity index (χ3n) is 8.66. The van der Waals surface area contributed by atoms with Gasteiger partial charge in [0.15, 0.2) is 0 Å². The largest absolute Gasteiger partial charge is 0.384 e. The van der Waals surface area contributed by atoms with Crippen molar-refractivity contribution in [2.45, 2.75) is 50.7 Å². The number of likely N-dealkylation sites (tertiary alicyclic amines) is 2. The maximum absolute atomic E-state index is 14.8. The van der Waals surface area contributed by atoms with E-state index in [9.17, 15) is 18.7 Å². The molecular weight excluding hydrogens is 434 g/mol. The van der Waals surface area contributed by atoms with E-state index < -0.39 is 17.2 Å². The molecule has 34 heavy (non-hydrogen) atoms. The minimum Gasteiger partial charge on any atom is -0.384 e. The average Bonchev–Trinajstić information content (AvgIpc) is 3.20. The van der Waals surface area contributed by atoms with Crippen LogP contribution in [0.4, 0.5) is 8.78 Å². The molecule has 1 amide bonds. The lowest BCUT2D eigenvalue weighted by atomic mass is 9.70. The van der Waals surface area contributed by atoms with E-state index in [0.717, 1.165) is 24.5 Å². The van der Waals surface area contributed by atoms with E-state index in [1.165, 1.54) is 18.6 Å². The second-order valence-corrected chi connectivity index (χ2v) is 10.7. The van der Waals surface area contributed by atoms with Crippen LogP contribution in [0.25, 0.3) is 0 Å². The summed E-state index contributed by atoms with van der Waals surface area (Å²) in [5.74, 6) is -2.11. The number of nitrogens with zero attached hydrogens (tertiary/aromatic N) is 2. The van der Waals surface area contributed by atoms with Crippen molar-refractivity contribution >= 4 is 5.91 Å². The van der Waals surface area contributed by atoms with E-state index in [1.807, 2.05) is 49.1 Å². The lowest BCUT2D eigenvalue weighted by Gasteiger charge is -2.48. The van der Waals surface area contributed by atoms with Crippen molar-refractivity contribution in [1.82, 2.24) is 9.80 Å². The maximum Gasteiger partial charge on any atom is 0.227 e. The molecule has 2 aromatic carbocycles. The van der Waals surface area contributed by atoms with Crippen molar-refractivity contribution in [1.29, 1.82) is 0 Å². The Hall–Kier alpha value is -2.31. The van der Waals surface area contributed by atoms with Crippen LogP contribution >= 0.6 is 0 Å². The lowest BCUT2D eigenvalue weighted by molar-refractivity contribution is -0.152. The van der Waals surface area contributed by atoms with E-state index in [0.29, 0.717) is 37.8 Å². The second-order valence-electron chi connectivity index (χ2n) is 10.7. The SMILES string of the molecule is C[C@@H]1CN(C(=O)[C@H]2CN(C3CCC3)C[C@@H]2c2ccc(F)cc2F)C[C@H](C)C1(O)c1ccccc1. The Morgan fingerprint density at radius 1 is 0.971 bits per heavy atom. The maximum atomic E-state index is 14.8. The molecule has 0 bridgehead atoms. The van der Waals surface area contributed by atoms with Gasteiger partial charge in [0.05, 0.1) is 11.5 Å². The molecule has 0 spiro atoms. The summed E-state index contributed by atoms with van der Waals surface area (Å²) in [6.07, 6.45) is 3.41. The van der Waals surface area contributed by atoms with Crippen LogP contribution in [-0.4, -0.2) is 53.0 Å². The first kappa shape index (κ1) is 23.4. The third kappa shape index (κ3) is 3.95. The molecule has 4 nitrogen and oxygen atoms in total. The second kappa shape index (κ2) is 9.04. The topological polar surface area (TPSA) is 43.8 Å². The van der Waals surface area contributed by atoms with Gasteiger partial charge in [0.25, 0.3) is 0 Å². The zero-order chi connectivity index (χ0) is 24.0. The van der Waals surface area contributed by atoms with Gasteiger partial charge in [-0.05, 0) is 30.0 Å². The summed E-state index contributed by atoms with van der Waals surface area (Å²) in [5, 5.41) is 11.7. The molecule has 2 aliphatic heterocycles. The molecule has 1 N–H and O–H groups in total. The molecule has 3 fully saturated rings. The van der Waals surface area contributed by atoms with Crippen LogP contribution in [0.1, 0.15) is 50.2 Å². The first-order valence-corrected chi connectivity index (χ1v) is 12.5. The summed E-state index contributed by atoms with van der Waals surface area (Å²) in [5.41, 5.74) is 0.305. The summed E-state index contributed by atoms with van der Waals surface area (Å²) in [6.45, 7) is 6.12. The highest BCUT2D eigenvalue weighted by Gasteiger charge is 2.50. The molecular formula is C28H34F2N2O2. The summed E-state index contributed by atoms with van der Waals surface area (Å²) in [4.78, 5) is 18.1. The smallest absolute Gasteiger partial charge is 0.227 e. The van der Waals surface area contributed by atoms with Crippen molar-refractivity contribution in [3.63, 3.8) is 0 Å². The number of aliphatic hydroxyl groups is 1. The Morgan fingerprint density at radius 3 is 2.24 bits per heavy atom. The van der Waals surface area contributed by atoms with Gasteiger partial charge in [0.1, 0.15) is 11.6 Å². The predicted octanol–water partition coefficient (Wildman–Crippen LogP) is 4.53. The first-order valence-electron chi connectivity index (χ1n) is 12.5. The quantitative estimate of drug-likeness (QED) is 0.717. The summed E-state index contributed by atoms with van der Waals surface area (Å²) in [6, 6.07) is 13.9. The van der Waals surface area contributed by atoms with Gasteiger partial charge in [-0.1, -0.05) is 56.7 Å². The van der Waals surface area contributed by atoms with Crippen LogP contribution in [0, 0.1) is 29.4 Å². The number of rotatable bonds is 4. The zero-order valence-corrected chi connectivity index (χ0v) is 20.0. The van der Waals surface area contributed by atoms with E-state index >= 15 is 0 Å². The monoisotopic (exact) mass is 468 g/mol. The summed E-state index contributed by atoms with van der Waals surface area (Å²) < 4.78 is 28.4. The van der Waals surface area contributed by atoms with Crippen LogP contribution in [0.2, 0.25) is 0 Å². The van der Waals surface area contributed by atoms with Crippen LogP contribution in [0.15, 0.2) is 48.5 Å². The molecule has 6 heteroatoms. The Balaban J connectivity index is 1.39. The predicted molar refractivity (Wildman–Crippen MR) is 127 cm³/mol. The number of hydrogen-bond donors (Lipinski definition) is 1. The van der Waals surface area contributed by atoms with E-state index in [4.69, 9.17) is 0 Å².